The number of thiophene rings is 1. The van der Waals surface area contributed by atoms with Gasteiger partial charge in [-0.25, -0.2) is 4.79 Å². The number of aryl methyl sites for hydroxylation is 1. The van der Waals surface area contributed by atoms with E-state index in [2.05, 4.69) is 30.4 Å². The zero-order valence-electron chi connectivity index (χ0n) is 24.2. The lowest BCUT2D eigenvalue weighted by Gasteiger charge is -2.40. The summed E-state index contributed by atoms with van der Waals surface area (Å²) in [4.78, 5) is 48.1. The molecule has 0 aliphatic carbocycles. The fraction of sp³-hybridized carbons (Fsp3) is 0.567. The number of nitrogens with one attached hydrogen (secondary N) is 1. The standard InChI is InChI=1S/C30H41ClN6O3S/c1-19-14-20(16-25(31)27(19)32)15-22(29(39)36-11-4-23(5-12-36)34(2)3)17-26(38)35-9-6-24(7-10-35)37-18-21-8-13-41-28(21)33-30(37)40/h8,13-14,16,22-24H,4-7,9-12,15,17-18,32H2,1-3H3,(H,33,40)/t22-/m0/s1. The Morgan fingerprint density at radius 3 is 2.46 bits per heavy atom. The van der Waals surface area contributed by atoms with Crippen molar-refractivity contribution in [3.8, 4) is 0 Å². The lowest BCUT2D eigenvalue weighted by Crippen LogP contribution is -2.51. The number of nitrogens with zero attached hydrogens (tertiary/aromatic N) is 4. The van der Waals surface area contributed by atoms with Gasteiger partial charge in [0.1, 0.15) is 5.00 Å². The average molecular weight is 601 g/mol. The number of benzene rings is 1. The van der Waals surface area contributed by atoms with E-state index in [0.29, 0.717) is 55.9 Å². The van der Waals surface area contributed by atoms with Gasteiger partial charge in [0.05, 0.1) is 23.2 Å². The number of halogens is 1. The SMILES string of the molecule is Cc1cc(C[C@@H](CC(=O)N2CCC(N3Cc4ccsc4NC3=O)CC2)C(=O)N2CCC(N(C)C)CC2)cc(Cl)c1N. The molecule has 3 aliphatic heterocycles. The maximum atomic E-state index is 13.8. The van der Waals surface area contributed by atoms with E-state index in [1.54, 1.807) is 11.3 Å². The Kier molecular flexibility index (Phi) is 9.11. The summed E-state index contributed by atoms with van der Waals surface area (Å²) in [6.45, 7) is 5.06. The number of fused-ring (bicyclic) bond motifs is 1. The predicted octanol–water partition coefficient (Wildman–Crippen LogP) is 4.43. The second-order valence-corrected chi connectivity index (χ2v) is 13.2. The molecule has 0 radical (unpaired) electrons. The van der Waals surface area contributed by atoms with E-state index in [1.807, 2.05) is 39.1 Å². The molecule has 2 saturated heterocycles. The van der Waals surface area contributed by atoms with Crippen molar-refractivity contribution in [1.29, 1.82) is 0 Å². The largest absolute Gasteiger partial charge is 0.397 e. The number of nitrogens with two attached hydrogens (primary N) is 1. The predicted molar refractivity (Wildman–Crippen MR) is 164 cm³/mol. The third-order valence-electron chi connectivity index (χ3n) is 8.98. The summed E-state index contributed by atoms with van der Waals surface area (Å²) in [5.41, 5.74) is 9.53. The van der Waals surface area contributed by atoms with Crippen LogP contribution in [0.4, 0.5) is 15.5 Å². The van der Waals surface area contributed by atoms with Crippen molar-refractivity contribution in [3.05, 3.63) is 45.3 Å². The van der Waals surface area contributed by atoms with Crippen molar-refractivity contribution in [2.75, 3.05) is 51.3 Å². The van der Waals surface area contributed by atoms with Gasteiger partial charge in [0, 0.05) is 50.2 Å². The summed E-state index contributed by atoms with van der Waals surface area (Å²) in [5, 5.41) is 6.40. The Morgan fingerprint density at radius 2 is 1.80 bits per heavy atom. The Bertz CT molecular complexity index is 1260. The molecule has 2 aromatic rings. The quantitative estimate of drug-likeness (QED) is 0.458. The molecule has 4 amide bonds. The van der Waals surface area contributed by atoms with Crippen LogP contribution in [0.2, 0.25) is 5.02 Å². The monoisotopic (exact) mass is 600 g/mol. The molecule has 0 bridgehead atoms. The number of urea groups is 1. The third-order valence-corrected chi connectivity index (χ3v) is 10.2. The van der Waals surface area contributed by atoms with Crippen LogP contribution in [-0.4, -0.2) is 89.8 Å². The second kappa shape index (κ2) is 12.6. The first kappa shape index (κ1) is 29.7. The van der Waals surface area contributed by atoms with Crippen molar-refractivity contribution in [2.45, 2.75) is 64.1 Å². The van der Waals surface area contributed by atoms with E-state index in [4.69, 9.17) is 17.3 Å². The van der Waals surface area contributed by atoms with Gasteiger partial charge < -0.3 is 25.3 Å². The van der Waals surface area contributed by atoms with Crippen molar-refractivity contribution >= 4 is 51.5 Å². The normalized spacial score (nSPS) is 19.3. The Hall–Kier alpha value is -2.82. The van der Waals surface area contributed by atoms with E-state index < -0.39 is 5.92 Å². The maximum absolute atomic E-state index is 13.8. The Balaban J connectivity index is 1.24. The van der Waals surface area contributed by atoms with Gasteiger partial charge in [-0.2, -0.15) is 0 Å². The molecule has 3 aliphatic rings. The summed E-state index contributed by atoms with van der Waals surface area (Å²) in [6.07, 6.45) is 3.89. The Morgan fingerprint density at radius 1 is 1.12 bits per heavy atom. The molecule has 11 heteroatoms. The molecular weight excluding hydrogens is 560 g/mol. The number of hydrogen-bond acceptors (Lipinski definition) is 6. The molecule has 2 fully saturated rings. The van der Waals surface area contributed by atoms with Crippen LogP contribution in [0.3, 0.4) is 0 Å². The fourth-order valence-electron chi connectivity index (χ4n) is 6.39. The molecule has 41 heavy (non-hydrogen) atoms. The van der Waals surface area contributed by atoms with Gasteiger partial charge >= 0.3 is 6.03 Å². The van der Waals surface area contributed by atoms with Crippen LogP contribution in [0, 0.1) is 12.8 Å². The fourth-order valence-corrected chi connectivity index (χ4v) is 7.48. The number of carbonyl (C=O) groups excluding carboxylic acids is 3. The first-order chi connectivity index (χ1) is 19.6. The molecule has 1 aromatic carbocycles. The van der Waals surface area contributed by atoms with Gasteiger partial charge in [0.15, 0.2) is 0 Å². The first-order valence-corrected chi connectivity index (χ1v) is 15.8. The third kappa shape index (κ3) is 6.65. The average Bonchev–Trinajstić information content (AvgIpc) is 3.42. The van der Waals surface area contributed by atoms with Crippen LogP contribution in [0.5, 0.6) is 0 Å². The lowest BCUT2D eigenvalue weighted by molar-refractivity contribution is -0.143. The highest BCUT2D eigenvalue weighted by atomic mass is 35.5. The maximum Gasteiger partial charge on any atom is 0.323 e. The summed E-state index contributed by atoms with van der Waals surface area (Å²) in [5.74, 6) is -0.445. The molecule has 1 atom stereocenters. The number of hydrogen-bond donors (Lipinski definition) is 2. The van der Waals surface area contributed by atoms with E-state index in [9.17, 15) is 14.4 Å². The first-order valence-electron chi connectivity index (χ1n) is 14.5. The van der Waals surface area contributed by atoms with E-state index in [0.717, 1.165) is 47.4 Å². The minimum absolute atomic E-state index is 0.00791. The number of likely N-dealkylation sites (tertiary alicyclic amines) is 2. The van der Waals surface area contributed by atoms with Crippen molar-refractivity contribution < 1.29 is 14.4 Å². The molecule has 0 spiro atoms. The summed E-state index contributed by atoms with van der Waals surface area (Å²) in [6, 6.07) is 6.33. The molecule has 4 heterocycles. The van der Waals surface area contributed by atoms with Gasteiger partial charge in [-0.15, -0.1) is 11.3 Å². The molecule has 1 aromatic heterocycles. The number of rotatable bonds is 7. The minimum Gasteiger partial charge on any atom is -0.397 e. The number of carbonyl (C=O) groups is 3. The highest BCUT2D eigenvalue weighted by molar-refractivity contribution is 7.14. The van der Waals surface area contributed by atoms with E-state index in [1.165, 1.54) is 0 Å². The molecule has 9 nitrogen and oxygen atoms in total. The van der Waals surface area contributed by atoms with Gasteiger partial charge in [0.25, 0.3) is 0 Å². The van der Waals surface area contributed by atoms with Crippen molar-refractivity contribution in [2.24, 2.45) is 5.92 Å². The van der Waals surface area contributed by atoms with Gasteiger partial charge in [0.2, 0.25) is 11.8 Å². The molecule has 0 unspecified atom stereocenters. The van der Waals surface area contributed by atoms with E-state index in [-0.39, 0.29) is 30.3 Å². The van der Waals surface area contributed by atoms with Crippen LogP contribution in [0.15, 0.2) is 23.6 Å². The number of piperidine rings is 2. The lowest BCUT2D eigenvalue weighted by atomic mass is 9.91. The van der Waals surface area contributed by atoms with E-state index >= 15 is 0 Å². The highest BCUT2D eigenvalue weighted by Gasteiger charge is 2.35. The topological polar surface area (TPSA) is 102 Å². The number of amides is 4. The molecular formula is C30H41ClN6O3S. The summed E-state index contributed by atoms with van der Waals surface area (Å²) < 4.78 is 0. The summed E-state index contributed by atoms with van der Waals surface area (Å²) >= 11 is 7.93. The minimum atomic E-state index is -0.472. The van der Waals surface area contributed by atoms with Crippen LogP contribution >= 0.6 is 22.9 Å². The molecule has 222 valence electrons. The molecule has 3 N–H and O–H groups in total. The van der Waals surface area contributed by atoms with Gasteiger partial charge in [-0.3, -0.25) is 14.9 Å². The van der Waals surface area contributed by atoms with Crippen molar-refractivity contribution in [3.63, 3.8) is 0 Å². The zero-order chi connectivity index (χ0) is 29.3. The van der Waals surface area contributed by atoms with Gasteiger partial charge in [-0.05, 0) is 81.8 Å². The van der Waals surface area contributed by atoms with Crippen LogP contribution in [0.1, 0.15) is 48.8 Å². The smallest absolute Gasteiger partial charge is 0.323 e. The molecule has 0 saturated carbocycles. The molecule has 5 rings (SSSR count). The Labute approximate surface area is 251 Å². The number of nitrogen functional groups attached to an aromatic ring is 1. The van der Waals surface area contributed by atoms with Crippen LogP contribution in [-0.2, 0) is 22.6 Å². The van der Waals surface area contributed by atoms with Crippen LogP contribution < -0.4 is 11.1 Å². The summed E-state index contributed by atoms with van der Waals surface area (Å²) in [7, 11) is 4.16. The zero-order valence-corrected chi connectivity index (χ0v) is 25.8. The number of anilines is 2. The second-order valence-electron chi connectivity index (χ2n) is 11.9. The van der Waals surface area contributed by atoms with Crippen molar-refractivity contribution in [1.82, 2.24) is 19.6 Å². The van der Waals surface area contributed by atoms with Gasteiger partial charge in [-0.1, -0.05) is 17.7 Å². The van der Waals surface area contributed by atoms with Crippen LogP contribution in [0.25, 0.3) is 0 Å². The highest BCUT2D eigenvalue weighted by Crippen LogP contribution is 2.32.